The van der Waals surface area contributed by atoms with Crippen LogP contribution in [0.5, 0.6) is 11.5 Å². The first-order valence-electron chi connectivity index (χ1n) is 13.1. The summed E-state index contributed by atoms with van der Waals surface area (Å²) in [4.78, 5) is 23.5. The number of nitrogens with zero attached hydrogens (tertiary/aromatic N) is 5. The van der Waals surface area contributed by atoms with Gasteiger partial charge in [-0.15, -0.1) is 0 Å². The van der Waals surface area contributed by atoms with E-state index >= 15 is 0 Å². The van der Waals surface area contributed by atoms with Crippen molar-refractivity contribution in [1.82, 2.24) is 24.3 Å². The van der Waals surface area contributed by atoms with Crippen LogP contribution >= 0.6 is 0 Å². The summed E-state index contributed by atoms with van der Waals surface area (Å²) in [7, 11) is 5.76. The Morgan fingerprint density at radius 2 is 1.78 bits per heavy atom. The number of carbonyl (C=O) groups is 1. The number of benzene rings is 2. The summed E-state index contributed by atoms with van der Waals surface area (Å²) >= 11 is 0. The van der Waals surface area contributed by atoms with Gasteiger partial charge in [0, 0.05) is 65.0 Å². The quantitative estimate of drug-likeness (QED) is 0.440. The third-order valence-electron chi connectivity index (χ3n) is 7.41. The molecule has 0 aliphatic carbocycles. The molecule has 8 nitrogen and oxygen atoms in total. The topological polar surface area (TPSA) is 63.1 Å². The lowest BCUT2D eigenvalue weighted by atomic mass is 9.84. The maximum absolute atomic E-state index is 12.6. The molecule has 0 spiro atoms. The molecule has 3 aromatic rings. The van der Waals surface area contributed by atoms with E-state index in [1.807, 2.05) is 28.6 Å². The normalized spacial score (nSPS) is 18.5. The molecule has 1 atom stereocenters. The molecule has 0 bridgehead atoms. The average Bonchev–Trinajstić information content (AvgIpc) is 3.36. The second kappa shape index (κ2) is 11.4. The summed E-state index contributed by atoms with van der Waals surface area (Å²) in [5.41, 5.74) is 4.55. The average molecular weight is 504 g/mol. The Balaban J connectivity index is 1.10. The molecule has 1 fully saturated rings. The van der Waals surface area contributed by atoms with Crippen LogP contribution in [0.4, 0.5) is 0 Å². The number of imidazole rings is 1. The molecule has 1 aromatic heterocycles. The fourth-order valence-corrected chi connectivity index (χ4v) is 5.37. The highest BCUT2D eigenvalue weighted by Gasteiger charge is 2.26. The first-order chi connectivity index (χ1) is 18.0. The van der Waals surface area contributed by atoms with E-state index in [9.17, 15) is 4.79 Å². The van der Waals surface area contributed by atoms with E-state index in [2.05, 4.69) is 52.2 Å². The van der Waals surface area contributed by atoms with Gasteiger partial charge < -0.3 is 23.8 Å². The number of amides is 1. The third-order valence-corrected chi connectivity index (χ3v) is 7.41. The number of methoxy groups -OCH3 is 1. The van der Waals surface area contributed by atoms with E-state index in [0.717, 1.165) is 63.7 Å². The predicted octanol–water partition coefficient (Wildman–Crippen LogP) is 3.23. The summed E-state index contributed by atoms with van der Waals surface area (Å²) in [6.07, 6.45) is 4.41. The van der Waals surface area contributed by atoms with Crippen LogP contribution in [0.15, 0.2) is 55.0 Å². The van der Waals surface area contributed by atoms with Crippen molar-refractivity contribution in [1.29, 1.82) is 0 Å². The van der Waals surface area contributed by atoms with Crippen molar-refractivity contribution in [3.63, 3.8) is 0 Å². The zero-order valence-corrected chi connectivity index (χ0v) is 22.1. The molecule has 1 amide bonds. The highest BCUT2D eigenvalue weighted by molar-refractivity contribution is 5.92. The molecule has 8 heteroatoms. The Morgan fingerprint density at radius 3 is 2.49 bits per heavy atom. The molecule has 1 unspecified atom stereocenters. The van der Waals surface area contributed by atoms with Crippen molar-refractivity contribution < 1.29 is 14.3 Å². The van der Waals surface area contributed by atoms with E-state index < -0.39 is 0 Å². The van der Waals surface area contributed by atoms with E-state index in [0.29, 0.717) is 18.2 Å². The summed E-state index contributed by atoms with van der Waals surface area (Å²) < 4.78 is 13.3. The summed E-state index contributed by atoms with van der Waals surface area (Å²) in [6, 6.07) is 15.0. The summed E-state index contributed by atoms with van der Waals surface area (Å²) in [5.74, 6) is 2.19. The largest absolute Gasteiger partial charge is 0.497 e. The van der Waals surface area contributed by atoms with Crippen LogP contribution in [0.25, 0.3) is 0 Å². The molecule has 2 aromatic carbocycles. The Kier molecular flexibility index (Phi) is 7.76. The van der Waals surface area contributed by atoms with Crippen molar-refractivity contribution in [2.45, 2.75) is 18.9 Å². The van der Waals surface area contributed by atoms with E-state index in [1.54, 1.807) is 19.6 Å². The number of hydrogen-bond donors (Lipinski definition) is 0. The Morgan fingerprint density at radius 1 is 1.03 bits per heavy atom. The van der Waals surface area contributed by atoms with Gasteiger partial charge in [0.15, 0.2) is 0 Å². The molecular formula is C29H37N5O3. The highest BCUT2D eigenvalue weighted by Crippen LogP contribution is 2.35. The number of carbonyl (C=O) groups excluding carboxylic acids is 1. The molecule has 2 aliphatic heterocycles. The number of aryl methyl sites for hydroxylation is 1. The van der Waals surface area contributed by atoms with Crippen molar-refractivity contribution in [3.8, 4) is 11.5 Å². The zero-order chi connectivity index (χ0) is 25.8. The van der Waals surface area contributed by atoms with Crippen LogP contribution in [0, 0.1) is 0 Å². The number of fused-ring (bicyclic) bond motifs is 1. The Hall–Kier alpha value is -3.36. The molecule has 0 N–H and O–H groups in total. The molecule has 196 valence electrons. The molecule has 5 rings (SSSR count). The molecule has 2 aliphatic rings. The fraction of sp³-hybridized carbons (Fsp3) is 0.448. The van der Waals surface area contributed by atoms with Gasteiger partial charge in [0.05, 0.1) is 20.0 Å². The van der Waals surface area contributed by atoms with Crippen molar-refractivity contribution in [2.75, 3.05) is 60.0 Å². The Bertz CT molecular complexity index is 1200. The highest BCUT2D eigenvalue weighted by atomic mass is 16.5. The minimum Gasteiger partial charge on any atom is -0.497 e. The number of piperazine rings is 1. The predicted molar refractivity (Wildman–Crippen MR) is 143 cm³/mol. The molecule has 0 radical (unpaired) electrons. The van der Waals surface area contributed by atoms with Crippen LogP contribution in [0.1, 0.15) is 39.5 Å². The molecule has 1 saturated heterocycles. The van der Waals surface area contributed by atoms with Crippen molar-refractivity contribution >= 4 is 5.91 Å². The number of likely N-dealkylation sites (N-methyl/N-ethyl adjacent to an activating group) is 1. The smallest absolute Gasteiger partial charge is 0.274 e. The maximum atomic E-state index is 12.6. The number of hydrogen-bond acceptors (Lipinski definition) is 6. The van der Waals surface area contributed by atoms with Gasteiger partial charge >= 0.3 is 0 Å². The van der Waals surface area contributed by atoms with Gasteiger partial charge in [-0.25, -0.2) is 4.98 Å². The number of ether oxygens (including phenoxy) is 2. The molecule has 37 heavy (non-hydrogen) atoms. The lowest BCUT2D eigenvalue weighted by Crippen LogP contribution is -2.49. The van der Waals surface area contributed by atoms with Crippen LogP contribution in [0.3, 0.4) is 0 Å². The van der Waals surface area contributed by atoms with Gasteiger partial charge in [-0.2, -0.15) is 0 Å². The molecular weight excluding hydrogens is 466 g/mol. The lowest BCUT2D eigenvalue weighted by molar-refractivity contribution is 0.0625. The molecule has 3 heterocycles. The monoisotopic (exact) mass is 503 g/mol. The zero-order valence-electron chi connectivity index (χ0n) is 22.1. The van der Waals surface area contributed by atoms with Crippen LogP contribution < -0.4 is 9.47 Å². The van der Waals surface area contributed by atoms with Gasteiger partial charge in [0.1, 0.15) is 17.2 Å². The van der Waals surface area contributed by atoms with Gasteiger partial charge in [0.25, 0.3) is 5.91 Å². The third kappa shape index (κ3) is 5.97. The number of aromatic nitrogens is 2. The summed E-state index contributed by atoms with van der Waals surface area (Å²) in [5, 5.41) is 0. The van der Waals surface area contributed by atoms with Gasteiger partial charge in [0.2, 0.25) is 0 Å². The van der Waals surface area contributed by atoms with Crippen LogP contribution in [-0.4, -0.2) is 90.2 Å². The first kappa shape index (κ1) is 25.3. The fourth-order valence-electron chi connectivity index (χ4n) is 5.37. The Labute approximate surface area is 219 Å². The van der Waals surface area contributed by atoms with Gasteiger partial charge in [-0.05, 0) is 54.4 Å². The lowest BCUT2D eigenvalue weighted by Gasteiger charge is -2.34. The van der Waals surface area contributed by atoms with E-state index in [4.69, 9.17) is 9.47 Å². The van der Waals surface area contributed by atoms with Crippen LogP contribution in [-0.2, 0) is 13.6 Å². The summed E-state index contributed by atoms with van der Waals surface area (Å²) in [6.45, 7) is 6.84. The van der Waals surface area contributed by atoms with Gasteiger partial charge in [-0.3, -0.25) is 9.69 Å². The molecule has 0 saturated carbocycles. The van der Waals surface area contributed by atoms with E-state index in [1.165, 1.54) is 16.7 Å². The van der Waals surface area contributed by atoms with Gasteiger partial charge in [-0.1, -0.05) is 18.2 Å². The second-order valence-electron chi connectivity index (χ2n) is 10.1. The number of rotatable bonds is 8. The SMILES string of the molecule is COc1ccc(C2CN(C)Cc3cc(OCCCN4CCN(C(=O)c5cn(C)cn5)CC4)ccc32)cc1. The van der Waals surface area contributed by atoms with Crippen molar-refractivity contribution in [3.05, 3.63) is 77.4 Å². The maximum Gasteiger partial charge on any atom is 0.274 e. The minimum absolute atomic E-state index is 0.0240. The minimum atomic E-state index is 0.0240. The van der Waals surface area contributed by atoms with E-state index in [-0.39, 0.29) is 5.91 Å². The standard InChI is InChI=1S/C29H37N5O3/c1-31-18-23-17-25(9-10-26(23)27(19-31)22-5-7-24(36-3)8-6-22)37-16-4-11-33-12-14-34(15-13-33)29(35)28-20-32(2)21-30-28/h5-10,17,20-21,27H,4,11-16,18-19H2,1-3H3. The first-order valence-corrected chi connectivity index (χ1v) is 13.1. The second-order valence-corrected chi connectivity index (χ2v) is 10.1. The van der Waals surface area contributed by atoms with Crippen molar-refractivity contribution in [2.24, 2.45) is 7.05 Å². The van der Waals surface area contributed by atoms with Crippen LogP contribution in [0.2, 0.25) is 0 Å².